The molecule has 3 rings (SSSR count). The van der Waals surface area contributed by atoms with Crippen molar-refractivity contribution in [3.05, 3.63) is 95.6 Å². The van der Waals surface area contributed by atoms with E-state index in [1.165, 1.54) is 0 Å². The Morgan fingerprint density at radius 2 is 1.14 bits per heavy atom. The van der Waals surface area contributed by atoms with Crippen molar-refractivity contribution >= 4 is 26.7 Å². The van der Waals surface area contributed by atoms with Crippen LogP contribution in [0.5, 0.6) is 11.5 Å². The number of nitrogens with one attached hydrogen (secondary N) is 2. The fraction of sp³-hybridized carbons (Fsp3) is 0.510. The molecule has 66 heavy (non-hydrogen) atoms. The van der Waals surface area contributed by atoms with E-state index in [4.69, 9.17) is 43.3 Å². The molecule has 0 saturated carbocycles. The van der Waals surface area contributed by atoms with Gasteiger partial charge in [-0.25, -0.2) is 14.3 Å². The average Bonchev–Trinajstić information content (AvgIpc) is 3.31. The average molecular weight is 928 g/mol. The number of amides is 2. The number of aliphatic imine (C=N–C) groups is 1. The maximum absolute atomic E-state index is 12.2. The lowest BCUT2D eigenvalue weighted by Crippen LogP contribution is -2.44. The van der Waals surface area contributed by atoms with Crippen LogP contribution in [0.25, 0.3) is 0 Å². The van der Waals surface area contributed by atoms with Gasteiger partial charge in [-0.05, 0) is 81.5 Å². The van der Waals surface area contributed by atoms with E-state index in [9.17, 15) is 14.9 Å². The zero-order chi connectivity index (χ0) is 48.0. The van der Waals surface area contributed by atoms with Gasteiger partial charge in [0, 0.05) is 18.6 Å². The van der Waals surface area contributed by atoms with Crippen LogP contribution in [0.1, 0.15) is 109 Å². The second kappa shape index (κ2) is 31.2. The first kappa shape index (κ1) is 54.5. The van der Waals surface area contributed by atoms with E-state index < -0.39 is 26.3 Å². The molecule has 0 spiro atoms. The van der Waals surface area contributed by atoms with Crippen molar-refractivity contribution in [1.29, 1.82) is 15.8 Å². The lowest BCUT2D eigenvalue weighted by atomic mass is 9.80. The first-order chi connectivity index (χ1) is 32.0. The van der Waals surface area contributed by atoms with E-state index in [0.717, 1.165) is 60.3 Å². The molecular weight excluding hydrogens is 862 g/mol. The summed E-state index contributed by atoms with van der Waals surface area (Å²) in [7, 11) is 1.71. The van der Waals surface area contributed by atoms with E-state index in [-0.39, 0.29) is 69.8 Å². The number of guanidine groups is 1. The van der Waals surface area contributed by atoms with Crippen molar-refractivity contribution in [2.45, 2.75) is 116 Å². The summed E-state index contributed by atoms with van der Waals surface area (Å²) in [6.07, 6.45) is 3.99. The quantitative estimate of drug-likeness (QED) is 0.0219. The van der Waals surface area contributed by atoms with Gasteiger partial charge in [0.15, 0.2) is 0 Å². The van der Waals surface area contributed by atoms with Crippen LogP contribution >= 0.6 is 8.53 Å². The monoisotopic (exact) mass is 927 g/mol. The lowest BCUT2D eigenvalue weighted by molar-refractivity contribution is -0.0367. The number of nitrogens with zero attached hydrogens (tertiary/aromatic N) is 5. The standard InChI is InChI=1S/C49H66N7O9P/c1-38(2)56(39(3)4)66(64-36-18-32-52)65-45(21-14-9-7-8-10-15-33-53-46(54-47(57)61-34-16-30-50)55-48(58)62-35-17-31-51)37-63-49(40-19-12-11-13-20-40,41-22-26-43(59-5)27-23-41)42-24-28-44(60-6)29-25-42/h11-13,19-20,22-29,38-39,45H,7-10,14-18,21,33-37H2,1-6H3,(H2,53,54,55,57,58). The minimum atomic E-state index is -1.57. The summed E-state index contributed by atoms with van der Waals surface area (Å²) in [4.78, 5) is 28.7. The Bertz CT molecular complexity index is 1930. The second-order valence-electron chi connectivity index (χ2n) is 15.6. The number of methoxy groups -OCH3 is 2. The molecule has 2 unspecified atom stereocenters. The van der Waals surface area contributed by atoms with Gasteiger partial charge in [-0.3, -0.25) is 15.6 Å². The van der Waals surface area contributed by atoms with Crippen LogP contribution in [0.4, 0.5) is 9.59 Å². The predicted octanol–water partition coefficient (Wildman–Crippen LogP) is 10.0. The van der Waals surface area contributed by atoms with Gasteiger partial charge in [0.2, 0.25) is 5.96 Å². The number of carbonyl (C=O) groups is 2. The van der Waals surface area contributed by atoms with Crippen LogP contribution < -0.4 is 20.1 Å². The van der Waals surface area contributed by atoms with Crippen LogP contribution in [0.15, 0.2) is 83.9 Å². The molecule has 0 radical (unpaired) electrons. The molecule has 0 aliphatic heterocycles. The van der Waals surface area contributed by atoms with Gasteiger partial charge in [0.1, 0.15) is 30.3 Å². The number of ether oxygens (including phenoxy) is 5. The molecule has 0 aromatic heterocycles. The van der Waals surface area contributed by atoms with Crippen molar-refractivity contribution in [3.63, 3.8) is 0 Å². The zero-order valence-corrected chi connectivity index (χ0v) is 40.1. The molecule has 2 atom stereocenters. The Morgan fingerprint density at radius 3 is 1.62 bits per heavy atom. The molecule has 2 amide bonds. The summed E-state index contributed by atoms with van der Waals surface area (Å²) < 4.78 is 44.0. The highest BCUT2D eigenvalue weighted by Crippen LogP contribution is 2.49. The molecule has 2 N–H and O–H groups in total. The van der Waals surface area contributed by atoms with E-state index in [0.29, 0.717) is 19.4 Å². The molecule has 16 nitrogen and oxygen atoms in total. The maximum Gasteiger partial charge on any atom is 0.413 e. The Labute approximate surface area is 392 Å². The van der Waals surface area contributed by atoms with Crippen molar-refractivity contribution in [2.24, 2.45) is 4.99 Å². The van der Waals surface area contributed by atoms with E-state index in [2.05, 4.69) is 66.2 Å². The molecule has 17 heteroatoms. The summed E-state index contributed by atoms with van der Waals surface area (Å²) in [5, 5.41) is 31.6. The van der Waals surface area contributed by atoms with Crippen LogP contribution in [0, 0.1) is 34.0 Å². The summed E-state index contributed by atoms with van der Waals surface area (Å²) in [5.41, 5.74) is 1.70. The van der Waals surface area contributed by atoms with E-state index >= 15 is 0 Å². The number of rotatable bonds is 29. The van der Waals surface area contributed by atoms with Crippen LogP contribution in [-0.2, 0) is 28.9 Å². The molecule has 3 aromatic rings. The molecule has 3 aromatic carbocycles. The van der Waals surface area contributed by atoms with Crippen molar-refractivity contribution in [2.75, 3.05) is 47.2 Å². The predicted molar refractivity (Wildman–Crippen MR) is 252 cm³/mol. The maximum atomic E-state index is 12.2. The van der Waals surface area contributed by atoms with Crippen molar-refractivity contribution < 1.29 is 42.3 Å². The highest BCUT2D eigenvalue weighted by molar-refractivity contribution is 7.44. The van der Waals surface area contributed by atoms with Gasteiger partial charge in [0.05, 0.1) is 71.0 Å². The number of unbranched alkanes of at least 4 members (excludes halogenated alkanes) is 5. The zero-order valence-electron chi connectivity index (χ0n) is 39.2. The van der Waals surface area contributed by atoms with Crippen LogP contribution in [0.2, 0.25) is 0 Å². The number of hydrogen-bond donors (Lipinski definition) is 2. The fourth-order valence-corrected chi connectivity index (χ4v) is 8.74. The highest BCUT2D eigenvalue weighted by Gasteiger charge is 2.39. The van der Waals surface area contributed by atoms with E-state index in [1.807, 2.05) is 78.9 Å². The number of benzene rings is 3. The molecule has 356 valence electrons. The topological polar surface area (TPSA) is 210 Å². The molecule has 0 heterocycles. The number of nitriles is 3. The molecule has 0 saturated heterocycles. The fourth-order valence-electron chi connectivity index (χ4n) is 7.02. The van der Waals surface area contributed by atoms with Crippen LogP contribution in [0.3, 0.4) is 0 Å². The Kier molecular flexibility index (Phi) is 25.8. The largest absolute Gasteiger partial charge is 0.497 e. The van der Waals surface area contributed by atoms with Crippen LogP contribution in [-0.4, -0.2) is 88.2 Å². The molecule has 0 fully saturated rings. The minimum Gasteiger partial charge on any atom is -0.497 e. The third-order valence-corrected chi connectivity index (χ3v) is 12.3. The van der Waals surface area contributed by atoms with Gasteiger partial charge in [-0.2, -0.15) is 15.8 Å². The second-order valence-corrected chi connectivity index (χ2v) is 17.0. The summed E-state index contributed by atoms with van der Waals surface area (Å²) in [5.74, 6) is 1.30. The van der Waals surface area contributed by atoms with Crippen molar-refractivity contribution in [1.82, 2.24) is 15.3 Å². The first-order valence-electron chi connectivity index (χ1n) is 22.4. The molecule has 0 aliphatic carbocycles. The third-order valence-electron chi connectivity index (χ3n) is 10.1. The minimum absolute atomic E-state index is 0.0169. The number of carbonyl (C=O) groups excluding carboxylic acids is 2. The first-order valence-corrected chi connectivity index (χ1v) is 23.5. The van der Waals surface area contributed by atoms with Gasteiger partial charge in [-0.15, -0.1) is 0 Å². The number of hydrogen-bond acceptors (Lipinski definition) is 14. The van der Waals surface area contributed by atoms with Gasteiger partial charge >= 0.3 is 12.2 Å². The SMILES string of the molecule is COc1ccc(C(OCC(CCCCCCCCN=C(NC(=O)OCCC#N)NC(=O)OCCC#N)OP(OCCC#N)N(C(C)C)C(C)C)(c2ccccc2)c2ccc(OC)cc2)cc1. The summed E-state index contributed by atoms with van der Waals surface area (Å²) >= 11 is 0. The smallest absolute Gasteiger partial charge is 0.413 e. The Morgan fingerprint density at radius 1 is 0.667 bits per heavy atom. The molecule has 0 bridgehead atoms. The third kappa shape index (κ3) is 18.6. The molecular formula is C49H66N7O9P. The highest BCUT2D eigenvalue weighted by atomic mass is 31.2. The Hall–Kier alpha value is -5.79. The molecule has 0 aliphatic rings. The van der Waals surface area contributed by atoms with Gasteiger partial charge in [0.25, 0.3) is 8.53 Å². The number of alkyl carbamates (subject to hydrolysis) is 2. The Balaban J connectivity index is 1.83. The van der Waals surface area contributed by atoms with Crippen molar-refractivity contribution in [3.8, 4) is 29.7 Å². The normalized spacial score (nSPS) is 12.0. The van der Waals surface area contributed by atoms with Gasteiger partial charge < -0.3 is 32.7 Å². The van der Waals surface area contributed by atoms with Gasteiger partial charge in [-0.1, -0.05) is 86.7 Å². The lowest BCUT2D eigenvalue weighted by Gasteiger charge is -2.39. The summed E-state index contributed by atoms with van der Waals surface area (Å²) in [6.45, 7) is 9.00. The van der Waals surface area contributed by atoms with E-state index in [1.54, 1.807) is 14.2 Å². The summed E-state index contributed by atoms with van der Waals surface area (Å²) in [6, 6.07) is 32.2.